The first kappa shape index (κ1) is 77.0. The molecule has 3 heterocycles. The van der Waals surface area contributed by atoms with Gasteiger partial charge in [-0.1, -0.05) is 201 Å². The number of aliphatic hydroxyl groups excluding tert-OH is 11. The number of ether oxygens (including phenoxy) is 6. The van der Waals surface area contributed by atoms with E-state index in [4.69, 9.17) is 28.4 Å². The smallest absolute Gasteiger partial charge is 0.220 e. The molecule has 12 N–H and O–H groups in total. The van der Waals surface area contributed by atoms with Crippen LogP contribution >= 0.6 is 0 Å². The summed E-state index contributed by atoms with van der Waals surface area (Å²) in [5.41, 5.74) is 0. The molecule has 494 valence electrons. The number of allylic oxidation sites excluding steroid dienone is 15. The minimum atomic E-state index is -1.98. The van der Waals surface area contributed by atoms with Crippen molar-refractivity contribution in [2.75, 3.05) is 26.4 Å². The van der Waals surface area contributed by atoms with Crippen molar-refractivity contribution in [3.8, 4) is 0 Å². The molecule has 19 nitrogen and oxygen atoms in total. The van der Waals surface area contributed by atoms with Crippen LogP contribution in [0.3, 0.4) is 0 Å². The van der Waals surface area contributed by atoms with E-state index in [1.807, 2.05) is 6.08 Å². The maximum atomic E-state index is 13.4. The Morgan fingerprint density at radius 1 is 0.430 bits per heavy atom. The second kappa shape index (κ2) is 48.5. The lowest BCUT2D eigenvalue weighted by Gasteiger charge is -2.48. The summed E-state index contributed by atoms with van der Waals surface area (Å²) in [6.07, 6.45) is 35.2. The van der Waals surface area contributed by atoms with Gasteiger partial charge >= 0.3 is 0 Å². The Morgan fingerprint density at radius 2 is 0.802 bits per heavy atom. The van der Waals surface area contributed by atoms with E-state index in [2.05, 4.69) is 104 Å². The fourth-order valence-electron chi connectivity index (χ4n) is 10.3. The van der Waals surface area contributed by atoms with Gasteiger partial charge in [-0.2, -0.15) is 0 Å². The lowest BCUT2D eigenvalue weighted by Crippen LogP contribution is -2.66. The largest absolute Gasteiger partial charge is 0.394 e. The number of hydrogen-bond donors (Lipinski definition) is 12. The number of nitrogens with one attached hydrogen (secondary N) is 1. The van der Waals surface area contributed by atoms with Crippen LogP contribution in [0.1, 0.15) is 187 Å². The van der Waals surface area contributed by atoms with Crippen LogP contribution in [-0.4, -0.2) is 193 Å². The lowest BCUT2D eigenvalue weighted by molar-refractivity contribution is -0.379. The Kier molecular flexibility index (Phi) is 43.4. The minimum absolute atomic E-state index is 0.214. The number of aliphatic hydroxyl groups is 11. The van der Waals surface area contributed by atoms with Gasteiger partial charge in [-0.15, -0.1) is 0 Å². The average Bonchev–Trinajstić information content (AvgIpc) is 1.96. The molecule has 3 aliphatic heterocycles. The van der Waals surface area contributed by atoms with Gasteiger partial charge in [0.05, 0.1) is 38.6 Å². The molecule has 0 bridgehead atoms. The predicted octanol–water partition coefficient (Wildman–Crippen LogP) is 7.32. The van der Waals surface area contributed by atoms with E-state index in [9.17, 15) is 61.0 Å². The summed E-state index contributed by atoms with van der Waals surface area (Å²) in [5, 5.41) is 120. The van der Waals surface area contributed by atoms with Gasteiger partial charge in [0.1, 0.15) is 73.2 Å². The van der Waals surface area contributed by atoms with Gasteiger partial charge in [0.15, 0.2) is 18.9 Å². The molecule has 3 rings (SSSR count). The summed E-state index contributed by atoms with van der Waals surface area (Å²) in [5.74, 6) is -0.300. The highest BCUT2D eigenvalue weighted by molar-refractivity contribution is 5.76. The van der Waals surface area contributed by atoms with Gasteiger partial charge in [0, 0.05) is 6.42 Å². The van der Waals surface area contributed by atoms with Gasteiger partial charge in [0.25, 0.3) is 0 Å². The summed E-state index contributed by atoms with van der Waals surface area (Å²) in [4.78, 5) is 13.4. The molecule has 3 fully saturated rings. The van der Waals surface area contributed by atoms with Crippen molar-refractivity contribution in [2.24, 2.45) is 0 Å². The molecule has 0 radical (unpaired) electrons. The number of rotatable bonds is 47. The van der Waals surface area contributed by atoms with Crippen molar-refractivity contribution in [1.29, 1.82) is 0 Å². The van der Waals surface area contributed by atoms with Crippen LogP contribution in [0.2, 0.25) is 0 Å². The predicted molar refractivity (Wildman–Crippen MR) is 332 cm³/mol. The standard InChI is InChI=1S/C67H113NO18/c1-3-5-7-9-11-13-15-17-19-20-21-22-23-24-25-26-27-28-29-30-31-33-35-37-39-41-43-45-55(73)68-50(51(72)44-42-40-38-36-34-32-18-16-14-12-10-8-6-4-2)49-81-65-61(79)58(76)63(53(47-70)83-65)86-67-62(80)59(77)64(54(48-71)84-67)85-66-60(78)57(75)56(74)52(46-69)82-66/h5,7,11,13,17,19,21-22,24-25,27-28,30-31,42,44,50-54,56-67,69-72,74-80H,3-4,6,8-10,12,14-16,18,20,23,26,29,32-41,43,45-49H2,1-2H3,(H,68,73)/b7-5-,13-11-,19-17-,22-21-,25-24-,28-27-,31-30-,44-42+. The van der Waals surface area contributed by atoms with Gasteiger partial charge in [0.2, 0.25) is 5.91 Å². The third kappa shape index (κ3) is 31.0. The zero-order valence-electron chi connectivity index (χ0n) is 51.7. The normalized spacial score (nSPS) is 29.4. The van der Waals surface area contributed by atoms with Gasteiger partial charge in [-0.25, -0.2) is 0 Å². The van der Waals surface area contributed by atoms with Crippen LogP contribution < -0.4 is 5.32 Å². The Morgan fingerprint density at radius 3 is 1.26 bits per heavy atom. The monoisotopic (exact) mass is 1220 g/mol. The number of carbonyl (C=O) groups is 1. The Hall–Kier alpha value is -3.29. The topological polar surface area (TPSA) is 307 Å². The molecule has 0 aliphatic carbocycles. The van der Waals surface area contributed by atoms with Gasteiger partial charge in [-0.05, 0) is 77.0 Å². The van der Waals surface area contributed by atoms with E-state index in [1.165, 1.54) is 57.8 Å². The first-order chi connectivity index (χ1) is 41.8. The maximum Gasteiger partial charge on any atom is 0.220 e. The molecular formula is C67H113NO18. The molecule has 17 unspecified atom stereocenters. The van der Waals surface area contributed by atoms with Crippen LogP contribution in [0.5, 0.6) is 0 Å². The second-order valence-corrected chi connectivity index (χ2v) is 22.8. The Bertz CT molecular complexity index is 1940. The fourth-order valence-corrected chi connectivity index (χ4v) is 10.3. The van der Waals surface area contributed by atoms with E-state index in [-0.39, 0.29) is 18.9 Å². The van der Waals surface area contributed by atoms with Crippen LogP contribution in [0, 0.1) is 0 Å². The molecule has 3 saturated heterocycles. The molecule has 0 aromatic rings. The molecule has 1 amide bonds. The highest BCUT2D eigenvalue weighted by atomic mass is 16.8. The third-order valence-electron chi connectivity index (χ3n) is 15.6. The zero-order valence-corrected chi connectivity index (χ0v) is 51.7. The Labute approximate surface area is 513 Å². The van der Waals surface area contributed by atoms with Crippen molar-refractivity contribution < 1.29 is 89.4 Å². The number of amides is 1. The molecule has 0 spiro atoms. The van der Waals surface area contributed by atoms with Gasteiger partial charge in [-0.3, -0.25) is 4.79 Å². The van der Waals surface area contributed by atoms with Crippen molar-refractivity contribution in [3.05, 3.63) is 97.2 Å². The summed E-state index contributed by atoms with van der Waals surface area (Å²) in [6.45, 7) is 1.57. The second-order valence-electron chi connectivity index (χ2n) is 22.8. The average molecular weight is 1220 g/mol. The van der Waals surface area contributed by atoms with Crippen LogP contribution in [0.25, 0.3) is 0 Å². The van der Waals surface area contributed by atoms with Gasteiger partial charge < -0.3 is 89.9 Å². The molecule has 86 heavy (non-hydrogen) atoms. The van der Waals surface area contributed by atoms with E-state index >= 15 is 0 Å². The fraction of sp³-hybridized carbons (Fsp3) is 0.746. The molecule has 3 aliphatic rings. The summed E-state index contributed by atoms with van der Waals surface area (Å²) in [6, 6.07) is -0.990. The van der Waals surface area contributed by atoms with E-state index in [0.717, 1.165) is 103 Å². The summed E-state index contributed by atoms with van der Waals surface area (Å²) >= 11 is 0. The number of unbranched alkanes of at least 4 members (excludes halogenated alkanes) is 17. The van der Waals surface area contributed by atoms with Crippen molar-refractivity contribution in [3.63, 3.8) is 0 Å². The highest BCUT2D eigenvalue weighted by Crippen LogP contribution is 2.33. The number of carbonyl (C=O) groups excluding carboxylic acids is 1. The molecule has 19 heteroatoms. The molecule has 17 atom stereocenters. The van der Waals surface area contributed by atoms with Crippen molar-refractivity contribution in [1.82, 2.24) is 5.32 Å². The van der Waals surface area contributed by atoms with Crippen LogP contribution in [0.15, 0.2) is 97.2 Å². The summed E-state index contributed by atoms with van der Waals surface area (Å²) < 4.78 is 34.3. The van der Waals surface area contributed by atoms with Crippen LogP contribution in [0.4, 0.5) is 0 Å². The SMILES string of the molecule is CC/C=C\C/C=C\C/C=C\C/C=C\C/C=C\C/C=C\C/C=C\CCCCCCCC(=O)NC(COC1OC(CO)C(OC2OC(CO)C(OC3OC(CO)C(O)C(O)C3O)C(O)C2O)C(O)C1O)C(O)/C=C/CCCCCCCCCCCCCC. The Balaban J connectivity index is 1.46. The third-order valence-corrected chi connectivity index (χ3v) is 15.6. The maximum absolute atomic E-state index is 13.4. The molecule has 0 aromatic carbocycles. The lowest BCUT2D eigenvalue weighted by atomic mass is 9.96. The van der Waals surface area contributed by atoms with Crippen molar-refractivity contribution in [2.45, 2.75) is 291 Å². The highest BCUT2D eigenvalue weighted by Gasteiger charge is 2.53. The van der Waals surface area contributed by atoms with E-state index in [0.29, 0.717) is 6.42 Å². The zero-order chi connectivity index (χ0) is 62.6. The molecule has 0 aromatic heterocycles. The quantitative estimate of drug-likeness (QED) is 0.0210. The van der Waals surface area contributed by atoms with E-state index < -0.39 is 124 Å². The first-order valence-electron chi connectivity index (χ1n) is 32.5. The summed E-state index contributed by atoms with van der Waals surface area (Å²) in [7, 11) is 0. The first-order valence-corrected chi connectivity index (χ1v) is 32.5. The number of hydrogen-bond acceptors (Lipinski definition) is 18. The van der Waals surface area contributed by atoms with Crippen LogP contribution in [-0.2, 0) is 33.2 Å². The molecule has 0 saturated carbocycles. The minimum Gasteiger partial charge on any atom is -0.394 e. The molecular weight excluding hydrogens is 1110 g/mol. The van der Waals surface area contributed by atoms with E-state index in [1.54, 1.807) is 6.08 Å². The van der Waals surface area contributed by atoms with Crippen molar-refractivity contribution >= 4 is 5.91 Å².